The van der Waals surface area contributed by atoms with E-state index < -0.39 is 40.5 Å². The van der Waals surface area contributed by atoms with Crippen molar-refractivity contribution in [1.82, 2.24) is 25.0 Å². The molecule has 0 radical (unpaired) electrons. The Bertz CT molecular complexity index is 1550. The highest BCUT2D eigenvalue weighted by Gasteiger charge is 2.41. The van der Waals surface area contributed by atoms with Crippen molar-refractivity contribution in [3.63, 3.8) is 0 Å². The number of carbonyl (C=O) groups excluding carboxylic acids is 2. The number of pyridine rings is 1. The molecule has 13 heteroatoms. The predicted molar refractivity (Wildman–Crippen MR) is 171 cm³/mol. The zero-order valence-electron chi connectivity index (χ0n) is 26.7. The number of likely N-dealkylation sites (tertiary alicyclic amines) is 1. The Labute approximate surface area is 272 Å². The second-order valence-electron chi connectivity index (χ2n) is 12.4. The van der Waals surface area contributed by atoms with Crippen molar-refractivity contribution in [3.05, 3.63) is 89.0 Å². The summed E-state index contributed by atoms with van der Waals surface area (Å²) in [4.78, 5) is 32.1. The summed E-state index contributed by atoms with van der Waals surface area (Å²) >= 11 is 0. The van der Waals surface area contributed by atoms with Crippen molar-refractivity contribution >= 4 is 23.4 Å². The van der Waals surface area contributed by atoms with Crippen LogP contribution in [-0.2, 0) is 27.1 Å². The molecule has 2 aliphatic rings. The fourth-order valence-electron chi connectivity index (χ4n) is 6.29. The van der Waals surface area contributed by atoms with E-state index in [4.69, 9.17) is 15.2 Å². The first-order valence-corrected chi connectivity index (χ1v) is 15.8. The van der Waals surface area contributed by atoms with Gasteiger partial charge in [-0.15, -0.1) is 0 Å². The number of carbonyl (C=O) groups is 2. The van der Waals surface area contributed by atoms with E-state index in [2.05, 4.69) is 20.5 Å². The quantitative estimate of drug-likeness (QED) is 0.269. The van der Waals surface area contributed by atoms with Crippen LogP contribution in [-0.4, -0.2) is 93.6 Å². The second kappa shape index (κ2) is 15.3. The number of morpholine rings is 1. The molecule has 252 valence electrons. The van der Waals surface area contributed by atoms with Gasteiger partial charge in [0.15, 0.2) is 17.2 Å². The molecule has 0 saturated carbocycles. The topological polar surface area (TPSA) is 119 Å². The van der Waals surface area contributed by atoms with Gasteiger partial charge in [0.1, 0.15) is 24.8 Å². The van der Waals surface area contributed by atoms with Crippen molar-refractivity contribution < 1.29 is 32.2 Å². The molecule has 4 unspecified atom stereocenters. The molecule has 3 aromatic rings. The van der Waals surface area contributed by atoms with Crippen LogP contribution in [0.3, 0.4) is 0 Å². The van der Waals surface area contributed by atoms with Gasteiger partial charge in [0.05, 0.1) is 43.8 Å². The molecule has 2 aliphatic heterocycles. The molecule has 0 spiro atoms. The van der Waals surface area contributed by atoms with Crippen LogP contribution in [0.15, 0.2) is 54.9 Å². The van der Waals surface area contributed by atoms with E-state index in [0.29, 0.717) is 25.1 Å². The third kappa shape index (κ3) is 8.35. The number of nitrogens with two attached hydrogens (primary N) is 1. The molecule has 4 atom stereocenters. The minimum absolute atomic E-state index is 0.0776. The first-order chi connectivity index (χ1) is 22.6. The molecule has 2 saturated heterocycles. The third-order valence-electron chi connectivity index (χ3n) is 8.99. The summed E-state index contributed by atoms with van der Waals surface area (Å²) in [5, 5.41) is 6.21. The molecule has 1 aromatic heterocycles. The van der Waals surface area contributed by atoms with E-state index in [1.165, 1.54) is 30.5 Å². The van der Waals surface area contributed by atoms with Crippen molar-refractivity contribution in [1.29, 1.82) is 0 Å². The molecular formula is C34H42F3N6O4+. The van der Waals surface area contributed by atoms with Gasteiger partial charge in [-0.1, -0.05) is 12.1 Å². The summed E-state index contributed by atoms with van der Waals surface area (Å²) in [5.41, 5.74) is 7.99. The Balaban J connectivity index is 1.29. The molecule has 3 heterocycles. The SMILES string of the molecule is CN1CCC(NC(=O)OCC2COC(CCc3c(F)cncc3[N+](C)(C(=O)CN)c3cc(F)ccc3Cc3ccc(F)cc3)CN2)C1. The van der Waals surface area contributed by atoms with E-state index in [1.54, 1.807) is 25.2 Å². The Morgan fingerprint density at radius 2 is 1.89 bits per heavy atom. The molecule has 2 aromatic carbocycles. The standard InChI is InChI=1S/C34H41F3N6O4/c1-42-12-11-26(19-42)41-34(45)47-21-27-20-46-28(16-40-27)9-10-29-30(37)17-39-18-32(29)43(2,33(44)15-38)31-14-25(36)8-5-23(31)13-22-3-6-24(35)7-4-22/h3-8,14,17-18,26-28,40H,9-13,15-16,19-21,38H2,1-2H3/p+1. The molecule has 4 N–H and O–H groups in total. The molecule has 2 amide bonds. The third-order valence-corrected chi connectivity index (χ3v) is 8.99. The number of benzene rings is 2. The van der Waals surface area contributed by atoms with Crippen LogP contribution in [0, 0.1) is 17.5 Å². The zero-order chi connectivity index (χ0) is 33.6. The molecule has 47 heavy (non-hydrogen) atoms. The number of amides is 2. The van der Waals surface area contributed by atoms with Crippen molar-refractivity contribution in [2.75, 3.05) is 53.5 Å². The van der Waals surface area contributed by atoms with Gasteiger partial charge in [-0.3, -0.25) is 4.98 Å². The number of rotatable bonds is 11. The van der Waals surface area contributed by atoms with Crippen LogP contribution in [0.5, 0.6) is 0 Å². The number of quaternary nitrogens is 1. The average molecular weight is 656 g/mol. The van der Waals surface area contributed by atoms with Crippen LogP contribution in [0.2, 0.25) is 0 Å². The van der Waals surface area contributed by atoms with E-state index in [9.17, 15) is 18.4 Å². The lowest BCUT2D eigenvalue weighted by Crippen LogP contribution is -2.51. The van der Waals surface area contributed by atoms with Gasteiger partial charge < -0.3 is 30.7 Å². The van der Waals surface area contributed by atoms with Crippen molar-refractivity contribution in [2.24, 2.45) is 5.73 Å². The molecule has 0 bridgehead atoms. The average Bonchev–Trinajstić information content (AvgIpc) is 3.48. The van der Waals surface area contributed by atoms with E-state index in [1.807, 2.05) is 7.05 Å². The highest BCUT2D eigenvalue weighted by atomic mass is 19.1. The number of alkyl carbamates (subject to hydrolysis) is 1. The predicted octanol–water partition coefficient (Wildman–Crippen LogP) is 3.56. The monoisotopic (exact) mass is 655 g/mol. The minimum atomic E-state index is -0.618. The van der Waals surface area contributed by atoms with Gasteiger partial charge in [0.2, 0.25) is 0 Å². The normalized spacial score (nSPS) is 21.3. The Morgan fingerprint density at radius 3 is 2.57 bits per heavy atom. The van der Waals surface area contributed by atoms with Gasteiger partial charge in [0, 0.05) is 37.2 Å². The number of hydrogen-bond donors (Lipinski definition) is 3. The molecule has 10 nitrogen and oxygen atoms in total. The van der Waals surface area contributed by atoms with Crippen LogP contribution in [0.25, 0.3) is 0 Å². The molecular weight excluding hydrogens is 613 g/mol. The lowest BCUT2D eigenvalue weighted by atomic mass is 9.98. The second-order valence-corrected chi connectivity index (χ2v) is 12.4. The fraction of sp³-hybridized carbons (Fsp3) is 0.441. The van der Waals surface area contributed by atoms with Gasteiger partial charge in [0.25, 0.3) is 0 Å². The van der Waals surface area contributed by atoms with Gasteiger partial charge in [-0.2, -0.15) is 4.48 Å². The number of hydrogen-bond acceptors (Lipinski definition) is 8. The summed E-state index contributed by atoms with van der Waals surface area (Å²) in [5.74, 6) is -2.07. The molecule has 2 fully saturated rings. The van der Waals surface area contributed by atoms with Crippen LogP contribution >= 0.6 is 0 Å². The number of likely N-dealkylation sites (N-methyl/N-ethyl adjacent to an activating group) is 2. The van der Waals surface area contributed by atoms with Gasteiger partial charge in [-0.05, 0) is 62.7 Å². The Morgan fingerprint density at radius 1 is 1.13 bits per heavy atom. The summed E-state index contributed by atoms with van der Waals surface area (Å²) in [7, 11) is 3.56. The van der Waals surface area contributed by atoms with Crippen LogP contribution in [0.4, 0.5) is 29.3 Å². The fourth-order valence-corrected chi connectivity index (χ4v) is 6.29. The van der Waals surface area contributed by atoms with Crippen molar-refractivity contribution in [3.8, 4) is 0 Å². The smallest absolute Gasteiger partial charge is 0.407 e. The first kappa shape index (κ1) is 34.5. The summed E-state index contributed by atoms with van der Waals surface area (Å²) in [6.07, 6.45) is 3.53. The highest BCUT2D eigenvalue weighted by Crippen LogP contribution is 2.40. The first-order valence-electron chi connectivity index (χ1n) is 15.8. The van der Waals surface area contributed by atoms with Crippen molar-refractivity contribution in [2.45, 2.75) is 43.9 Å². The summed E-state index contributed by atoms with van der Waals surface area (Å²) in [6.45, 7) is 2.22. The maximum absolute atomic E-state index is 15.5. The zero-order valence-corrected chi connectivity index (χ0v) is 26.7. The lowest BCUT2D eigenvalue weighted by Gasteiger charge is -2.34. The lowest BCUT2D eigenvalue weighted by molar-refractivity contribution is -0.125. The van der Waals surface area contributed by atoms with Crippen LogP contribution in [0.1, 0.15) is 29.5 Å². The van der Waals surface area contributed by atoms with E-state index >= 15 is 4.39 Å². The van der Waals surface area contributed by atoms with Crippen LogP contribution < -0.4 is 20.9 Å². The number of nitrogens with zero attached hydrogens (tertiary/aromatic N) is 3. The summed E-state index contributed by atoms with van der Waals surface area (Å²) < 4.78 is 54.7. The largest absolute Gasteiger partial charge is 0.448 e. The maximum atomic E-state index is 15.5. The molecule has 0 aliphatic carbocycles. The van der Waals surface area contributed by atoms with Gasteiger partial charge >= 0.3 is 12.0 Å². The molecule has 5 rings (SSSR count). The minimum Gasteiger partial charge on any atom is -0.448 e. The number of ether oxygens (including phenoxy) is 2. The summed E-state index contributed by atoms with van der Waals surface area (Å²) in [6, 6.07) is 9.89. The Kier molecular flexibility index (Phi) is 11.3. The van der Waals surface area contributed by atoms with E-state index in [-0.39, 0.29) is 54.6 Å². The van der Waals surface area contributed by atoms with E-state index in [0.717, 1.165) is 31.3 Å². The van der Waals surface area contributed by atoms with Gasteiger partial charge in [-0.25, -0.2) is 22.8 Å². The number of halogens is 3. The highest BCUT2D eigenvalue weighted by molar-refractivity contribution is 5.97. The number of nitrogens with one attached hydrogen (secondary N) is 2. The maximum Gasteiger partial charge on any atom is 0.407 e. The Hall–Kier alpha value is -3.88. The number of aromatic nitrogens is 1.